The largest absolute Gasteiger partial charge is 0.389 e. The van der Waals surface area contributed by atoms with E-state index in [0.29, 0.717) is 0 Å². The molecule has 0 aromatic rings. The molecule has 2 nitrogen and oxygen atoms in total. The lowest BCUT2D eigenvalue weighted by molar-refractivity contribution is 0.455. The summed E-state index contributed by atoms with van der Waals surface area (Å²) >= 11 is 4.99. The van der Waals surface area contributed by atoms with Gasteiger partial charge in [-0.1, -0.05) is 39.1 Å². The molecular weight excluding hydrogens is 204 g/mol. The summed E-state index contributed by atoms with van der Waals surface area (Å²) in [6, 6.07) is 0. The van der Waals surface area contributed by atoms with Gasteiger partial charge in [0.2, 0.25) is 0 Å². The standard InChI is InChI=1S/C12H18N2S/c1-12(2,3)11(13-4)10-7-5-6-8-14(10)9-15/h5-9,13H,1-4H3/b11-10-. The molecule has 0 aromatic heterocycles. The Morgan fingerprint density at radius 1 is 1.40 bits per heavy atom. The molecule has 1 aliphatic heterocycles. The van der Waals surface area contributed by atoms with Gasteiger partial charge < -0.3 is 10.2 Å². The van der Waals surface area contributed by atoms with Crippen LogP contribution in [0.15, 0.2) is 35.8 Å². The maximum Gasteiger partial charge on any atom is 0.0727 e. The fourth-order valence-corrected chi connectivity index (χ4v) is 1.83. The maximum atomic E-state index is 4.99. The molecule has 1 heterocycles. The first-order valence-electron chi connectivity index (χ1n) is 5.01. The molecule has 0 unspecified atom stereocenters. The van der Waals surface area contributed by atoms with Crippen molar-refractivity contribution in [3.05, 3.63) is 35.8 Å². The lowest BCUT2D eigenvalue weighted by Gasteiger charge is -2.29. The normalized spacial score (nSPS) is 19.1. The fraction of sp³-hybridized carbons (Fsp3) is 0.417. The van der Waals surface area contributed by atoms with Gasteiger partial charge in [-0.15, -0.1) is 0 Å². The zero-order valence-corrected chi connectivity index (χ0v) is 10.6. The predicted octanol–water partition coefficient (Wildman–Crippen LogP) is 2.81. The number of thiocarbonyl (C=S) groups is 1. The van der Waals surface area contributed by atoms with E-state index in [1.54, 1.807) is 5.49 Å². The third kappa shape index (κ3) is 2.69. The highest BCUT2D eigenvalue weighted by atomic mass is 32.1. The molecule has 0 amide bonds. The first-order chi connectivity index (χ1) is 7.00. The van der Waals surface area contributed by atoms with Gasteiger partial charge in [0.05, 0.1) is 11.2 Å². The minimum atomic E-state index is 0.0796. The first-order valence-corrected chi connectivity index (χ1v) is 5.49. The lowest BCUT2D eigenvalue weighted by atomic mass is 9.90. The molecule has 0 atom stereocenters. The molecule has 0 spiro atoms. The highest BCUT2D eigenvalue weighted by Gasteiger charge is 2.21. The van der Waals surface area contributed by atoms with E-state index in [1.165, 1.54) is 5.70 Å². The Morgan fingerprint density at radius 2 is 2.07 bits per heavy atom. The van der Waals surface area contributed by atoms with Crippen LogP contribution in [0, 0.1) is 5.41 Å². The SMILES string of the molecule is CN/C(=C1/C=CC=CN1C=S)C(C)(C)C. The molecule has 0 radical (unpaired) electrons. The van der Waals surface area contributed by atoms with Crippen molar-refractivity contribution in [1.29, 1.82) is 0 Å². The van der Waals surface area contributed by atoms with Gasteiger partial charge in [0.25, 0.3) is 0 Å². The average molecular weight is 222 g/mol. The first kappa shape index (κ1) is 12.0. The van der Waals surface area contributed by atoms with E-state index in [0.717, 1.165) is 5.70 Å². The highest BCUT2D eigenvalue weighted by Crippen LogP contribution is 2.28. The third-order valence-corrected chi connectivity index (χ3v) is 2.49. The molecule has 15 heavy (non-hydrogen) atoms. The van der Waals surface area contributed by atoms with Crippen LogP contribution in [-0.4, -0.2) is 17.4 Å². The van der Waals surface area contributed by atoms with Crippen molar-refractivity contribution in [2.45, 2.75) is 20.8 Å². The van der Waals surface area contributed by atoms with Crippen LogP contribution in [0.3, 0.4) is 0 Å². The van der Waals surface area contributed by atoms with Gasteiger partial charge in [0.1, 0.15) is 0 Å². The summed E-state index contributed by atoms with van der Waals surface area (Å²) in [5.41, 5.74) is 4.03. The number of nitrogens with zero attached hydrogens (tertiary/aromatic N) is 1. The van der Waals surface area contributed by atoms with E-state index < -0.39 is 0 Å². The van der Waals surface area contributed by atoms with Crippen molar-refractivity contribution in [3.63, 3.8) is 0 Å². The van der Waals surface area contributed by atoms with Gasteiger partial charge in [0, 0.05) is 24.4 Å². The van der Waals surface area contributed by atoms with E-state index >= 15 is 0 Å². The minimum Gasteiger partial charge on any atom is -0.389 e. The van der Waals surface area contributed by atoms with E-state index in [9.17, 15) is 0 Å². The Morgan fingerprint density at radius 3 is 2.53 bits per heavy atom. The summed E-state index contributed by atoms with van der Waals surface area (Å²) < 4.78 is 0. The third-order valence-electron chi connectivity index (χ3n) is 2.26. The van der Waals surface area contributed by atoms with E-state index in [2.05, 4.69) is 32.2 Å². The Kier molecular flexibility index (Phi) is 3.69. The summed E-state index contributed by atoms with van der Waals surface area (Å²) in [5.74, 6) is 0. The highest BCUT2D eigenvalue weighted by molar-refractivity contribution is 7.78. The summed E-state index contributed by atoms with van der Waals surface area (Å²) in [5, 5.41) is 3.26. The van der Waals surface area contributed by atoms with Gasteiger partial charge in [0.15, 0.2) is 0 Å². The molecule has 0 saturated carbocycles. The van der Waals surface area contributed by atoms with Crippen LogP contribution >= 0.6 is 12.2 Å². The zero-order valence-electron chi connectivity index (χ0n) is 9.74. The minimum absolute atomic E-state index is 0.0796. The molecule has 1 N–H and O–H groups in total. The monoisotopic (exact) mass is 222 g/mol. The summed E-state index contributed by atoms with van der Waals surface area (Å²) in [6.07, 6.45) is 8.03. The van der Waals surface area contributed by atoms with Crippen molar-refractivity contribution in [3.8, 4) is 0 Å². The van der Waals surface area contributed by atoms with E-state index in [4.69, 9.17) is 12.2 Å². The van der Waals surface area contributed by atoms with Crippen LogP contribution in [0.2, 0.25) is 0 Å². The van der Waals surface area contributed by atoms with Crippen LogP contribution in [0.4, 0.5) is 0 Å². The lowest BCUT2D eigenvalue weighted by Crippen LogP contribution is -2.28. The van der Waals surface area contributed by atoms with Crippen molar-refractivity contribution in [1.82, 2.24) is 10.2 Å². The van der Waals surface area contributed by atoms with Crippen molar-refractivity contribution < 1.29 is 0 Å². The van der Waals surface area contributed by atoms with Crippen LogP contribution < -0.4 is 5.32 Å². The van der Waals surface area contributed by atoms with Crippen LogP contribution in [-0.2, 0) is 0 Å². The number of allylic oxidation sites excluding steroid dienone is 4. The Balaban J connectivity index is 3.20. The summed E-state index contributed by atoms with van der Waals surface area (Å²) in [7, 11) is 1.95. The molecule has 0 aromatic carbocycles. The molecule has 3 heteroatoms. The Labute approximate surface area is 97.3 Å². The quantitative estimate of drug-likeness (QED) is 0.723. The molecule has 0 fully saturated rings. The maximum absolute atomic E-state index is 4.99. The van der Waals surface area contributed by atoms with Crippen LogP contribution in [0.1, 0.15) is 20.8 Å². The molecule has 0 saturated heterocycles. The van der Waals surface area contributed by atoms with Crippen LogP contribution in [0.25, 0.3) is 0 Å². The van der Waals surface area contributed by atoms with Crippen LogP contribution in [0.5, 0.6) is 0 Å². The number of hydrogen-bond acceptors (Lipinski definition) is 2. The van der Waals surface area contributed by atoms with Crippen molar-refractivity contribution in [2.24, 2.45) is 5.41 Å². The Hall–Kier alpha value is -1.09. The Bertz CT molecular complexity index is 332. The fourth-order valence-electron chi connectivity index (χ4n) is 1.65. The van der Waals surface area contributed by atoms with E-state index in [-0.39, 0.29) is 5.41 Å². The van der Waals surface area contributed by atoms with Gasteiger partial charge >= 0.3 is 0 Å². The summed E-state index contributed by atoms with van der Waals surface area (Å²) in [4.78, 5) is 1.95. The number of hydrogen-bond donors (Lipinski definition) is 1. The predicted molar refractivity (Wildman–Crippen MR) is 69.3 cm³/mol. The zero-order chi connectivity index (χ0) is 11.5. The van der Waals surface area contributed by atoms with E-state index in [1.807, 2.05) is 30.3 Å². The molecular formula is C12H18N2S. The number of rotatable bonds is 2. The molecule has 1 aliphatic rings. The van der Waals surface area contributed by atoms with Gasteiger partial charge in [-0.3, -0.25) is 0 Å². The average Bonchev–Trinajstić information content (AvgIpc) is 2.17. The number of nitrogens with one attached hydrogen (secondary N) is 1. The smallest absolute Gasteiger partial charge is 0.0727 e. The topological polar surface area (TPSA) is 15.3 Å². The van der Waals surface area contributed by atoms with Crippen molar-refractivity contribution >= 4 is 17.7 Å². The van der Waals surface area contributed by atoms with Gasteiger partial charge in [-0.05, 0) is 12.2 Å². The summed E-state index contributed by atoms with van der Waals surface area (Å²) in [6.45, 7) is 6.54. The second-order valence-electron chi connectivity index (χ2n) is 4.47. The molecule has 0 bridgehead atoms. The van der Waals surface area contributed by atoms with Gasteiger partial charge in [-0.25, -0.2) is 0 Å². The molecule has 1 rings (SSSR count). The molecule has 82 valence electrons. The van der Waals surface area contributed by atoms with Gasteiger partial charge in [-0.2, -0.15) is 0 Å². The second-order valence-corrected chi connectivity index (χ2v) is 4.68. The second kappa shape index (κ2) is 4.62. The van der Waals surface area contributed by atoms with Crippen molar-refractivity contribution in [2.75, 3.05) is 7.05 Å². The molecule has 0 aliphatic carbocycles.